The Balaban J connectivity index is 1.71. The lowest BCUT2D eigenvalue weighted by Gasteiger charge is -2.36. The molecule has 1 aliphatic rings. The second-order valence-electron chi connectivity index (χ2n) is 7.66. The van der Waals surface area contributed by atoms with E-state index >= 15 is 0 Å². The highest BCUT2D eigenvalue weighted by Crippen LogP contribution is 2.28. The highest BCUT2D eigenvalue weighted by molar-refractivity contribution is 5.53. The number of benzene rings is 1. The van der Waals surface area contributed by atoms with E-state index in [9.17, 15) is 0 Å². The van der Waals surface area contributed by atoms with Crippen LogP contribution in [0.4, 0.5) is 11.6 Å². The number of hydrogen-bond acceptors (Lipinski definition) is 4. The molecule has 1 aromatic heterocycles. The molecule has 2 aromatic rings. The molecule has 4 nitrogen and oxygen atoms in total. The second kappa shape index (κ2) is 7.85. The van der Waals surface area contributed by atoms with Gasteiger partial charge >= 0.3 is 0 Å². The van der Waals surface area contributed by atoms with E-state index in [1.54, 1.807) is 0 Å². The molecule has 1 aliphatic heterocycles. The van der Waals surface area contributed by atoms with Gasteiger partial charge in [-0.1, -0.05) is 33.8 Å². The summed E-state index contributed by atoms with van der Waals surface area (Å²) in [7, 11) is 0. The molecule has 1 aromatic carbocycles. The summed E-state index contributed by atoms with van der Waals surface area (Å²) < 4.78 is 0. The third kappa shape index (κ3) is 4.30. The first kappa shape index (κ1) is 17.7. The largest absolute Gasteiger partial charge is 0.368 e. The average molecular weight is 338 g/mol. The number of rotatable bonds is 5. The molecule has 0 aliphatic carbocycles. The Labute approximate surface area is 151 Å². The number of nitrogens with zero attached hydrogens (tertiary/aromatic N) is 4. The smallest absolute Gasteiger partial charge is 0.225 e. The highest BCUT2D eigenvalue weighted by atomic mass is 15.3. The minimum Gasteiger partial charge on any atom is -0.368 e. The molecule has 0 bridgehead atoms. The van der Waals surface area contributed by atoms with Crippen LogP contribution in [0.1, 0.15) is 44.7 Å². The van der Waals surface area contributed by atoms with E-state index in [0.29, 0.717) is 11.8 Å². The lowest BCUT2D eigenvalue weighted by Crippen LogP contribution is -2.47. The van der Waals surface area contributed by atoms with Crippen LogP contribution in [0.25, 0.3) is 0 Å². The molecule has 1 fully saturated rings. The van der Waals surface area contributed by atoms with E-state index in [0.717, 1.165) is 38.5 Å². The standard InChI is InChI=1S/C21H30N4/c1-16(2)14-18-6-7-19(15-20(18)17(3)4)24-10-12-25(13-11-24)21-22-8-5-9-23-21/h5-9,15-17H,10-14H2,1-4H3. The molecule has 0 N–H and O–H groups in total. The van der Waals surface area contributed by atoms with E-state index in [2.05, 4.69) is 65.7 Å². The van der Waals surface area contributed by atoms with Crippen molar-refractivity contribution in [2.45, 2.75) is 40.0 Å². The fourth-order valence-corrected chi connectivity index (χ4v) is 3.56. The molecule has 0 radical (unpaired) electrons. The molecular weight excluding hydrogens is 308 g/mol. The average Bonchev–Trinajstić information content (AvgIpc) is 2.62. The van der Waals surface area contributed by atoms with Crippen molar-refractivity contribution in [1.29, 1.82) is 0 Å². The molecule has 3 rings (SSSR count). The van der Waals surface area contributed by atoms with Gasteiger partial charge in [0.15, 0.2) is 0 Å². The van der Waals surface area contributed by atoms with Gasteiger partial charge in [-0.05, 0) is 47.6 Å². The number of hydrogen-bond donors (Lipinski definition) is 0. The molecule has 0 saturated carbocycles. The quantitative estimate of drug-likeness (QED) is 0.821. The molecule has 25 heavy (non-hydrogen) atoms. The van der Waals surface area contributed by atoms with Gasteiger partial charge in [-0.15, -0.1) is 0 Å². The van der Waals surface area contributed by atoms with Crippen molar-refractivity contribution < 1.29 is 0 Å². The summed E-state index contributed by atoms with van der Waals surface area (Å²) in [6.07, 6.45) is 4.79. The van der Waals surface area contributed by atoms with Crippen LogP contribution in [-0.4, -0.2) is 36.1 Å². The Bertz CT molecular complexity index is 674. The van der Waals surface area contributed by atoms with Crippen molar-refractivity contribution in [3.8, 4) is 0 Å². The first-order chi connectivity index (χ1) is 12.0. The van der Waals surface area contributed by atoms with E-state index in [4.69, 9.17) is 0 Å². The van der Waals surface area contributed by atoms with Crippen LogP contribution < -0.4 is 9.80 Å². The van der Waals surface area contributed by atoms with Crippen LogP contribution in [0.15, 0.2) is 36.7 Å². The Morgan fingerprint density at radius 1 is 0.920 bits per heavy atom. The molecule has 0 spiro atoms. The van der Waals surface area contributed by atoms with Gasteiger partial charge in [0, 0.05) is 44.3 Å². The zero-order valence-corrected chi connectivity index (χ0v) is 15.9. The summed E-state index contributed by atoms with van der Waals surface area (Å²) in [5.74, 6) is 2.10. The van der Waals surface area contributed by atoms with Crippen LogP contribution in [0.5, 0.6) is 0 Å². The van der Waals surface area contributed by atoms with E-state index < -0.39 is 0 Å². The molecule has 0 atom stereocenters. The monoisotopic (exact) mass is 338 g/mol. The van der Waals surface area contributed by atoms with Crippen molar-refractivity contribution in [3.05, 3.63) is 47.8 Å². The molecule has 2 heterocycles. The van der Waals surface area contributed by atoms with Crippen LogP contribution in [0.3, 0.4) is 0 Å². The van der Waals surface area contributed by atoms with Crippen molar-refractivity contribution in [2.75, 3.05) is 36.0 Å². The van der Waals surface area contributed by atoms with Crippen molar-refractivity contribution >= 4 is 11.6 Å². The Kier molecular flexibility index (Phi) is 5.57. The molecule has 1 saturated heterocycles. The molecule has 4 heteroatoms. The summed E-state index contributed by atoms with van der Waals surface area (Å²) in [6, 6.07) is 8.93. The molecular formula is C21H30N4. The highest BCUT2D eigenvalue weighted by Gasteiger charge is 2.20. The number of aromatic nitrogens is 2. The van der Waals surface area contributed by atoms with Crippen LogP contribution in [-0.2, 0) is 6.42 Å². The Hall–Kier alpha value is -2.10. The van der Waals surface area contributed by atoms with Gasteiger partial charge in [0.2, 0.25) is 5.95 Å². The van der Waals surface area contributed by atoms with Crippen molar-refractivity contribution in [1.82, 2.24) is 9.97 Å². The lowest BCUT2D eigenvalue weighted by atomic mass is 9.91. The lowest BCUT2D eigenvalue weighted by molar-refractivity contribution is 0.632. The zero-order chi connectivity index (χ0) is 17.8. The van der Waals surface area contributed by atoms with Gasteiger partial charge in [-0.2, -0.15) is 0 Å². The summed E-state index contributed by atoms with van der Waals surface area (Å²) >= 11 is 0. The van der Waals surface area contributed by atoms with E-state index in [1.165, 1.54) is 16.8 Å². The van der Waals surface area contributed by atoms with Crippen LogP contribution in [0.2, 0.25) is 0 Å². The van der Waals surface area contributed by atoms with Gasteiger partial charge in [-0.25, -0.2) is 9.97 Å². The maximum atomic E-state index is 4.37. The maximum Gasteiger partial charge on any atom is 0.225 e. The van der Waals surface area contributed by atoms with Crippen LogP contribution >= 0.6 is 0 Å². The van der Waals surface area contributed by atoms with Crippen LogP contribution in [0, 0.1) is 5.92 Å². The molecule has 0 unspecified atom stereocenters. The SMILES string of the molecule is CC(C)Cc1ccc(N2CCN(c3ncccn3)CC2)cc1C(C)C. The minimum atomic E-state index is 0.563. The fourth-order valence-electron chi connectivity index (χ4n) is 3.56. The van der Waals surface area contributed by atoms with Gasteiger partial charge < -0.3 is 9.80 Å². The number of piperazine rings is 1. The van der Waals surface area contributed by atoms with Gasteiger partial charge in [0.25, 0.3) is 0 Å². The third-order valence-corrected chi connectivity index (χ3v) is 4.86. The van der Waals surface area contributed by atoms with Gasteiger partial charge in [0.05, 0.1) is 0 Å². The first-order valence-corrected chi connectivity index (χ1v) is 9.44. The van der Waals surface area contributed by atoms with Gasteiger partial charge in [0.1, 0.15) is 0 Å². The first-order valence-electron chi connectivity index (χ1n) is 9.44. The van der Waals surface area contributed by atoms with Crippen molar-refractivity contribution in [2.24, 2.45) is 5.92 Å². The predicted molar refractivity (Wildman–Crippen MR) is 106 cm³/mol. The van der Waals surface area contributed by atoms with Gasteiger partial charge in [-0.3, -0.25) is 0 Å². The van der Waals surface area contributed by atoms with E-state index in [-0.39, 0.29) is 0 Å². The summed E-state index contributed by atoms with van der Waals surface area (Å²) in [6.45, 7) is 13.1. The second-order valence-corrected chi connectivity index (χ2v) is 7.66. The normalized spacial score (nSPS) is 15.3. The van der Waals surface area contributed by atoms with Crippen molar-refractivity contribution in [3.63, 3.8) is 0 Å². The number of anilines is 2. The Morgan fingerprint density at radius 2 is 1.56 bits per heavy atom. The molecule has 0 amide bonds. The van der Waals surface area contributed by atoms with E-state index in [1.807, 2.05) is 18.5 Å². The molecule has 134 valence electrons. The summed E-state index contributed by atoms with van der Waals surface area (Å²) in [5.41, 5.74) is 4.36. The summed E-state index contributed by atoms with van der Waals surface area (Å²) in [5, 5.41) is 0. The zero-order valence-electron chi connectivity index (χ0n) is 15.9. The third-order valence-electron chi connectivity index (χ3n) is 4.86. The predicted octanol–water partition coefficient (Wildman–Crippen LogP) is 4.13. The maximum absolute atomic E-state index is 4.37. The summed E-state index contributed by atoms with van der Waals surface area (Å²) in [4.78, 5) is 13.5. The Morgan fingerprint density at radius 3 is 2.16 bits per heavy atom. The topological polar surface area (TPSA) is 32.3 Å². The minimum absolute atomic E-state index is 0.563. The fraction of sp³-hybridized carbons (Fsp3) is 0.524.